The number of anilines is 1. The van der Waals surface area contributed by atoms with Crippen LogP contribution in [0, 0.1) is 0 Å². The zero-order chi connectivity index (χ0) is 14.7. The van der Waals surface area contributed by atoms with Gasteiger partial charge >= 0.3 is 0 Å². The summed E-state index contributed by atoms with van der Waals surface area (Å²) in [7, 11) is 2.26. The minimum absolute atomic E-state index is 0.605. The highest BCUT2D eigenvalue weighted by Gasteiger charge is 2.22. The van der Waals surface area contributed by atoms with Crippen LogP contribution in [0.4, 0.5) is 5.69 Å². The third kappa shape index (κ3) is 3.47. The van der Waals surface area contributed by atoms with Crippen LogP contribution < -0.4 is 5.32 Å². The van der Waals surface area contributed by atoms with Gasteiger partial charge < -0.3 is 10.2 Å². The Bertz CT molecular complexity index is 564. The van der Waals surface area contributed by atoms with Crippen molar-refractivity contribution < 1.29 is 0 Å². The van der Waals surface area contributed by atoms with Crippen molar-refractivity contribution in [2.24, 2.45) is 0 Å². The molecule has 1 aliphatic heterocycles. The summed E-state index contributed by atoms with van der Waals surface area (Å²) >= 11 is 1.87. The van der Waals surface area contributed by atoms with Gasteiger partial charge in [0.25, 0.3) is 0 Å². The predicted octanol–water partition coefficient (Wildman–Crippen LogP) is 4.21. The Hall–Kier alpha value is -1.32. The summed E-state index contributed by atoms with van der Waals surface area (Å²) in [5.74, 6) is 0.664. The van der Waals surface area contributed by atoms with E-state index in [0.717, 1.165) is 19.5 Å². The first kappa shape index (κ1) is 14.6. The van der Waals surface area contributed by atoms with E-state index in [4.69, 9.17) is 0 Å². The predicted molar refractivity (Wildman–Crippen MR) is 92.4 cm³/mol. The van der Waals surface area contributed by atoms with Gasteiger partial charge in [0, 0.05) is 29.1 Å². The second-order valence-corrected chi connectivity index (χ2v) is 7.10. The molecule has 2 aromatic rings. The number of likely N-dealkylation sites (N-methyl/N-ethyl adjacent to an activating group) is 1. The number of nitrogens with zero attached hydrogens (tertiary/aromatic N) is 1. The maximum Gasteiger partial charge on any atom is 0.0376 e. The molecule has 0 spiro atoms. The molecule has 0 fully saturated rings. The lowest BCUT2D eigenvalue weighted by molar-refractivity contribution is 0.249. The SMILES string of the molecule is CC(Cc1cccs1)N(C)CCC1CNc2ccccc21. The molecule has 1 aliphatic rings. The molecule has 0 aliphatic carbocycles. The minimum Gasteiger partial charge on any atom is -0.384 e. The standard InChI is InChI=1S/C18H24N2S/c1-14(12-16-6-5-11-21-16)20(2)10-9-15-13-19-18-8-4-3-7-17(15)18/h3-8,11,14-15,19H,9-10,12-13H2,1-2H3. The van der Waals surface area contributed by atoms with Crippen LogP contribution in [-0.2, 0) is 6.42 Å². The van der Waals surface area contributed by atoms with E-state index < -0.39 is 0 Å². The molecule has 1 aromatic heterocycles. The van der Waals surface area contributed by atoms with E-state index in [9.17, 15) is 0 Å². The van der Waals surface area contributed by atoms with Crippen LogP contribution in [0.2, 0.25) is 0 Å². The molecular formula is C18H24N2S. The molecule has 2 heterocycles. The fourth-order valence-corrected chi connectivity index (χ4v) is 3.90. The number of fused-ring (bicyclic) bond motifs is 1. The van der Waals surface area contributed by atoms with Gasteiger partial charge in [0.05, 0.1) is 0 Å². The van der Waals surface area contributed by atoms with E-state index in [0.29, 0.717) is 12.0 Å². The van der Waals surface area contributed by atoms with Crippen LogP contribution in [0.25, 0.3) is 0 Å². The molecule has 2 nitrogen and oxygen atoms in total. The molecular weight excluding hydrogens is 276 g/mol. The highest BCUT2D eigenvalue weighted by Crippen LogP contribution is 2.33. The average molecular weight is 300 g/mol. The minimum atomic E-state index is 0.605. The van der Waals surface area contributed by atoms with E-state index in [1.165, 1.54) is 22.5 Å². The van der Waals surface area contributed by atoms with Crippen molar-refractivity contribution in [1.82, 2.24) is 4.90 Å². The lowest BCUT2D eigenvalue weighted by atomic mass is 9.97. The van der Waals surface area contributed by atoms with Gasteiger partial charge in [-0.3, -0.25) is 0 Å². The Morgan fingerprint density at radius 3 is 2.95 bits per heavy atom. The zero-order valence-electron chi connectivity index (χ0n) is 12.9. The first-order valence-corrected chi connectivity index (χ1v) is 8.67. The first-order chi connectivity index (χ1) is 10.2. The Labute approximate surface area is 131 Å². The van der Waals surface area contributed by atoms with Crippen LogP contribution in [0.5, 0.6) is 0 Å². The Morgan fingerprint density at radius 1 is 1.29 bits per heavy atom. The molecule has 1 N–H and O–H groups in total. The molecule has 3 rings (SSSR count). The van der Waals surface area contributed by atoms with Crippen molar-refractivity contribution in [2.45, 2.75) is 31.7 Å². The molecule has 112 valence electrons. The summed E-state index contributed by atoms with van der Waals surface area (Å²) in [6.45, 7) is 4.58. The second kappa shape index (κ2) is 6.63. The Kier molecular flexibility index (Phi) is 4.61. The van der Waals surface area contributed by atoms with Crippen LogP contribution in [0.3, 0.4) is 0 Å². The van der Waals surface area contributed by atoms with E-state index in [-0.39, 0.29) is 0 Å². The molecule has 21 heavy (non-hydrogen) atoms. The summed E-state index contributed by atoms with van der Waals surface area (Å²) in [4.78, 5) is 3.99. The van der Waals surface area contributed by atoms with Gasteiger partial charge in [0.2, 0.25) is 0 Å². The van der Waals surface area contributed by atoms with Crippen molar-refractivity contribution in [3.8, 4) is 0 Å². The third-order valence-electron chi connectivity index (χ3n) is 4.60. The van der Waals surface area contributed by atoms with Gasteiger partial charge in [0.1, 0.15) is 0 Å². The number of para-hydroxylation sites is 1. The van der Waals surface area contributed by atoms with Crippen LogP contribution in [0.15, 0.2) is 41.8 Å². The first-order valence-electron chi connectivity index (χ1n) is 7.79. The van der Waals surface area contributed by atoms with Gasteiger partial charge in [-0.05, 0) is 56.4 Å². The van der Waals surface area contributed by atoms with Gasteiger partial charge in [-0.25, -0.2) is 0 Å². The van der Waals surface area contributed by atoms with Crippen molar-refractivity contribution in [2.75, 3.05) is 25.5 Å². The fraction of sp³-hybridized carbons (Fsp3) is 0.444. The zero-order valence-corrected chi connectivity index (χ0v) is 13.7. The number of hydrogen-bond donors (Lipinski definition) is 1. The monoisotopic (exact) mass is 300 g/mol. The molecule has 3 heteroatoms. The molecule has 1 aromatic carbocycles. The quantitative estimate of drug-likeness (QED) is 0.859. The summed E-state index contributed by atoms with van der Waals surface area (Å²) in [5.41, 5.74) is 2.83. The van der Waals surface area contributed by atoms with Crippen LogP contribution >= 0.6 is 11.3 Å². The Morgan fingerprint density at radius 2 is 2.14 bits per heavy atom. The lowest BCUT2D eigenvalue weighted by Crippen LogP contribution is -2.32. The van der Waals surface area contributed by atoms with Crippen molar-refractivity contribution in [1.29, 1.82) is 0 Å². The summed E-state index contributed by atoms with van der Waals surface area (Å²) < 4.78 is 0. The molecule has 2 unspecified atom stereocenters. The number of benzene rings is 1. The van der Waals surface area contributed by atoms with E-state index >= 15 is 0 Å². The average Bonchev–Trinajstić information content (AvgIpc) is 3.14. The lowest BCUT2D eigenvalue weighted by Gasteiger charge is -2.25. The van der Waals surface area contributed by atoms with Gasteiger partial charge in [-0.15, -0.1) is 11.3 Å². The number of rotatable bonds is 6. The van der Waals surface area contributed by atoms with E-state index in [1.54, 1.807) is 0 Å². The summed E-state index contributed by atoms with van der Waals surface area (Å²) in [6.07, 6.45) is 2.39. The van der Waals surface area contributed by atoms with Crippen molar-refractivity contribution in [3.63, 3.8) is 0 Å². The van der Waals surface area contributed by atoms with Crippen LogP contribution in [-0.4, -0.2) is 31.1 Å². The summed E-state index contributed by atoms with van der Waals surface area (Å²) in [6, 6.07) is 13.7. The van der Waals surface area contributed by atoms with Gasteiger partial charge in [0.15, 0.2) is 0 Å². The molecule has 0 saturated heterocycles. The van der Waals surface area contributed by atoms with E-state index in [2.05, 4.69) is 66.0 Å². The topological polar surface area (TPSA) is 15.3 Å². The maximum atomic E-state index is 3.52. The highest BCUT2D eigenvalue weighted by atomic mass is 32.1. The van der Waals surface area contributed by atoms with Gasteiger partial charge in [-0.2, -0.15) is 0 Å². The number of hydrogen-bond acceptors (Lipinski definition) is 3. The highest BCUT2D eigenvalue weighted by molar-refractivity contribution is 7.09. The number of nitrogens with one attached hydrogen (secondary N) is 1. The van der Waals surface area contributed by atoms with Crippen molar-refractivity contribution >= 4 is 17.0 Å². The number of thiophene rings is 1. The molecule has 2 atom stereocenters. The van der Waals surface area contributed by atoms with Crippen molar-refractivity contribution in [3.05, 3.63) is 52.2 Å². The largest absolute Gasteiger partial charge is 0.384 e. The normalized spacial score (nSPS) is 18.5. The van der Waals surface area contributed by atoms with Gasteiger partial charge in [-0.1, -0.05) is 24.3 Å². The molecule has 0 radical (unpaired) electrons. The second-order valence-electron chi connectivity index (χ2n) is 6.07. The van der Waals surface area contributed by atoms with Crippen LogP contribution in [0.1, 0.15) is 29.7 Å². The Balaban J connectivity index is 1.51. The molecule has 0 bridgehead atoms. The third-order valence-corrected chi connectivity index (χ3v) is 5.50. The molecule has 0 amide bonds. The summed E-state index contributed by atoms with van der Waals surface area (Å²) in [5, 5.41) is 5.69. The van der Waals surface area contributed by atoms with E-state index in [1.807, 2.05) is 11.3 Å². The smallest absolute Gasteiger partial charge is 0.0376 e. The maximum absolute atomic E-state index is 3.52. The molecule has 0 saturated carbocycles. The fourth-order valence-electron chi connectivity index (χ4n) is 3.07.